The van der Waals surface area contributed by atoms with Crippen molar-refractivity contribution in [2.24, 2.45) is 0 Å². The Kier molecular flexibility index (Phi) is 5.99. The highest BCUT2D eigenvalue weighted by atomic mass is 79.9. The highest BCUT2D eigenvalue weighted by Crippen LogP contribution is 2.43. The first-order valence-corrected chi connectivity index (χ1v) is 12.1. The third-order valence-corrected chi connectivity index (χ3v) is 7.34. The van der Waals surface area contributed by atoms with E-state index in [2.05, 4.69) is 50.2 Å². The Balaban J connectivity index is 1.62. The van der Waals surface area contributed by atoms with E-state index in [1.165, 1.54) is 0 Å². The zero-order valence-electron chi connectivity index (χ0n) is 18.0. The third-order valence-electron chi connectivity index (χ3n) is 5.90. The van der Waals surface area contributed by atoms with Gasteiger partial charge in [-0.15, -0.1) is 0 Å². The second-order valence-corrected chi connectivity index (χ2v) is 9.77. The molecule has 7 heteroatoms. The van der Waals surface area contributed by atoms with Gasteiger partial charge in [0.05, 0.1) is 11.7 Å². The molecule has 3 heterocycles. The average molecular weight is 539 g/mol. The number of halogens is 2. The van der Waals surface area contributed by atoms with E-state index in [-0.39, 0.29) is 12.1 Å². The van der Waals surface area contributed by atoms with Gasteiger partial charge in [-0.2, -0.15) is 0 Å². The summed E-state index contributed by atoms with van der Waals surface area (Å²) in [4.78, 5) is 6.72. The number of aryl methyl sites for hydroxylation is 2. The van der Waals surface area contributed by atoms with Gasteiger partial charge in [0.25, 0.3) is 0 Å². The molecule has 0 amide bonds. The Labute approximate surface area is 211 Å². The van der Waals surface area contributed by atoms with Crippen molar-refractivity contribution in [3.8, 4) is 11.3 Å². The Bertz CT molecular complexity index is 1340. The first-order chi connectivity index (χ1) is 15.9. The van der Waals surface area contributed by atoms with Gasteiger partial charge in [-0.3, -0.25) is 4.98 Å². The van der Waals surface area contributed by atoms with E-state index >= 15 is 0 Å². The predicted octanol–water partition coefficient (Wildman–Crippen LogP) is 7.55. The maximum absolute atomic E-state index is 6.46. The molecule has 5 rings (SSSR count). The van der Waals surface area contributed by atoms with Crippen LogP contribution in [0.3, 0.4) is 0 Å². The summed E-state index contributed by atoms with van der Waals surface area (Å²) >= 11 is 15.7. The topological polar surface area (TPSA) is 41.3 Å². The summed E-state index contributed by atoms with van der Waals surface area (Å²) in [6.07, 6.45) is 1.80. The number of anilines is 1. The number of benzene rings is 2. The summed E-state index contributed by atoms with van der Waals surface area (Å²) in [5.41, 5.74) is 5.10. The minimum absolute atomic E-state index is 0.165. The number of aromatic nitrogens is 1. The number of pyridine rings is 1. The summed E-state index contributed by atoms with van der Waals surface area (Å²) < 4.78 is 7.51. The lowest BCUT2D eigenvalue weighted by Gasteiger charge is -2.26. The second kappa shape index (κ2) is 8.93. The van der Waals surface area contributed by atoms with Crippen molar-refractivity contribution in [2.45, 2.75) is 25.9 Å². The number of furan rings is 1. The van der Waals surface area contributed by atoms with E-state index in [9.17, 15) is 0 Å². The molecule has 0 bridgehead atoms. The molecule has 0 spiro atoms. The largest absolute Gasteiger partial charge is 0.459 e. The van der Waals surface area contributed by atoms with Crippen molar-refractivity contribution in [1.82, 2.24) is 10.3 Å². The molecule has 0 unspecified atom stereocenters. The van der Waals surface area contributed by atoms with Gasteiger partial charge in [0, 0.05) is 26.9 Å². The van der Waals surface area contributed by atoms with E-state index in [0.29, 0.717) is 10.1 Å². The van der Waals surface area contributed by atoms with Crippen LogP contribution < -0.4 is 10.2 Å². The van der Waals surface area contributed by atoms with Crippen LogP contribution in [0.5, 0.6) is 0 Å². The summed E-state index contributed by atoms with van der Waals surface area (Å²) in [5.74, 6) is 1.57. The SMILES string of the molecule is Cc1cc(N2C(=S)N[C@@H](c3ccccn3)[C@H]2c2ccc(-c3cc(Cl)ccc3C)o2)ccc1Br. The lowest BCUT2D eigenvalue weighted by molar-refractivity contribution is 0.439. The lowest BCUT2D eigenvalue weighted by Crippen LogP contribution is -2.29. The molecule has 1 fully saturated rings. The van der Waals surface area contributed by atoms with Gasteiger partial charge in [0.15, 0.2) is 5.11 Å². The molecule has 1 saturated heterocycles. The van der Waals surface area contributed by atoms with E-state index in [0.717, 1.165) is 44.1 Å². The number of nitrogens with one attached hydrogen (secondary N) is 1. The molecule has 2 atom stereocenters. The van der Waals surface area contributed by atoms with Crippen molar-refractivity contribution in [2.75, 3.05) is 4.90 Å². The Morgan fingerprint density at radius 3 is 2.64 bits per heavy atom. The van der Waals surface area contributed by atoms with Crippen LogP contribution in [0.1, 0.15) is 34.7 Å². The molecule has 1 N–H and O–H groups in total. The summed E-state index contributed by atoms with van der Waals surface area (Å²) in [6, 6.07) is 21.6. The van der Waals surface area contributed by atoms with Gasteiger partial charge >= 0.3 is 0 Å². The number of hydrogen-bond acceptors (Lipinski definition) is 3. The van der Waals surface area contributed by atoms with Crippen LogP contribution in [0.2, 0.25) is 5.02 Å². The van der Waals surface area contributed by atoms with Crippen LogP contribution in [0.15, 0.2) is 81.8 Å². The van der Waals surface area contributed by atoms with Crippen molar-refractivity contribution in [3.05, 3.63) is 105 Å². The standard InChI is InChI=1S/C26H21BrClN3OS/c1-15-6-7-17(28)14-19(15)22-10-11-23(32-22)25-24(21-5-3-4-12-29-21)30-26(33)31(25)18-8-9-20(27)16(2)13-18/h3-14,24-25H,1-2H3,(H,30,33)/t24-,25+/m0/s1. The molecule has 0 radical (unpaired) electrons. The zero-order valence-corrected chi connectivity index (χ0v) is 21.2. The highest BCUT2D eigenvalue weighted by Gasteiger charge is 2.42. The monoisotopic (exact) mass is 537 g/mol. The van der Waals surface area contributed by atoms with Crippen LogP contribution in [0, 0.1) is 13.8 Å². The van der Waals surface area contributed by atoms with Crippen LogP contribution in [-0.2, 0) is 0 Å². The predicted molar refractivity (Wildman–Crippen MR) is 141 cm³/mol. The minimum Gasteiger partial charge on any atom is -0.459 e. The fourth-order valence-corrected chi connectivity index (χ4v) is 4.98. The van der Waals surface area contributed by atoms with Gasteiger partial charge in [-0.25, -0.2) is 0 Å². The average Bonchev–Trinajstić information content (AvgIpc) is 3.42. The zero-order chi connectivity index (χ0) is 23.1. The van der Waals surface area contributed by atoms with E-state index in [1.54, 1.807) is 6.20 Å². The number of rotatable bonds is 4. The third kappa shape index (κ3) is 4.19. The highest BCUT2D eigenvalue weighted by molar-refractivity contribution is 9.10. The normalized spacial score (nSPS) is 17.9. The van der Waals surface area contributed by atoms with Crippen molar-refractivity contribution in [3.63, 3.8) is 0 Å². The van der Waals surface area contributed by atoms with E-state index < -0.39 is 0 Å². The second-order valence-electron chi connectivity index (χ2n) is 8.09. The first-order valence-electron chi connectivity index (χ1n) is 10.6. The molecule has 166 valence electrons. The molecule has 1 aliphatic rings. The summed E-state index contributed by atoms with van der Waals surface area (Å²) in [6.45, 7) is 4.12. The maximum atomic E-state index is 6.46. The molecule has 0 saturated carbocycles. The van der Waals surface area contributed by atoms with Crippen LogP contribution in [0.25, 0.3) is 11.3 Å². The number of nitrogens with zero attached hydrogens (tertiary/aromatic N) is 2. The van der Waals surface area contributed by atoms with Crippen molar-refractivity contribution < 1.29 is 4.42 Å². The van der Waals surface area contributed by atoms with Crippen molar-refractivity contribution >= 4 is 50.5 Å². The Morgan fingerprint density at radius 1 is 1.03 bits per heavy atom. The lowest BCUT2D eigenvalue weighted by atomic mass is 10.0. The van der Waals surface area contributed by atoms with Crippen LogP contribution >= 0.6 is 39.7 Å². The fraction of sp³-hybridized carbons (Fsp3) is 0.154. The quantitative estimate of drug-likeness (QED) is 0.272. The molecular formula is C26H21BrClN3OS. The van der Waals surface area contributed by atoms with Gasteiger partial charge in [-0.1, -0.05) is 39.7 Å². The van der Waals surface area contributed by atoms with Crippen molar-refractivity contribution in [1.29, 1.82) is 0 Å². The van der Waals surface area contributed by atoms with Gasteiger partial charge < -0.3 is 14.6 Å². The molecule has 2 aromatic heterocycles. The minimum atomic E-state index is -0.207. The Hall–Kier alpha value is -2.67. The van der Waals surface area contributed by atoms with E-state index in [4.69, 9.17) is 28.2 Å². The molecule has 0 aliphatic carbocycles. The molecule has 2 aromatic carbocycles. The maximum Gasteiger partial charge on any atom is 0.174 e. The Morgan fingerprint density at radius 2 is 1.88 bits per heavy atom. The van der Waals surface area contributed by atoms with E-state index in [1.807, 2.05) is 61.5 Å². The van der Waals surface area contributed by atoms with Crippen LogP contribution in [0.4, 0.5) is 5.69 Å². The van der Waals surface area contributed by atoms with Gasteiger partial charge in [-0.05, 0) is 91.8 Å². The first kappa shape index (κ1) is 22.1. The molecular weight excluding hydrogens is 518 g/mol. The number of thiocarbonyl (C=S) groups is 1. The molecule has 4 nitrogen and oxygen atoms in total. The van der Waals surface area contributed by atoms with Gasteiger partial charge in [0.1, 0.15) is 17.6 Å². The number of hydrogen-bond donors (Lipinski definition) is 1. The van der Waals surface area contributed by atoms with Crippen LogP contribution in [-0.4, -0.2) is 10.1 Å². The molecule has 33 heavy (non-hydrogen) atoms. The molecule has 1 aliphatic heterocycles. The summed E-state index contributed by atoms with van der Waals surface area (Å²) in [7, 11) is 0. The summed E-state index contributed by atoms with van der Waals surface area (Å²) in [5, 5.41) is 4.78. The van der Waals surface area contributed by atoms with Gasteiger partial charge in [0.2, 0.25) is 0 Å². The smallest absolute Gasteiger partial charge is 0.174 e. The molecule has 4 aromatic rings. The fourth-order valence-electron chi connectivity index (χ4n) is 4.22.